The average Bonchev–Trinajstić information content (AvgIpc) is 2.68. The summed E-state index contributed by atoms with van der Waals surface area (Å²) < 4.78 is 31.7. The number of rotatable bonds is 4. The number of carboxylic acid groups (broad SMARTS) is 1. The summed E-state index contributed by atoms with van der Waals surface area (Å²) in [6, 6.07) is 5.83. The molecule has 142 valence electrons. The largest absolute Gasteiger partial charge is 0.481 e. The van der Waals surface area contributed by atoms with Gasteiger partial charge in [-0.3, -0.25) is 9.59 Å². The van der Waals surface area contributed by atoms with Gasteiger partial charge in [-0.15, -0.1) is 0 Å². The van der Waals surface area contributed by atoms with Crippen molar-refractivity contribution in [2.45, 2.75) is 17.7 Å². The number of carbonyl (C=O) groups excluding carboxylic acids is 1. The number of carbonyl (C=O) groups is 2. The molecule has 1 aromatic carbocycles. The topological polar surface area (TPSA) is 104 Å². The van der Waals surface area contributed by atoms with Crippen LogP contribution in [-0.4, -0.2) is 74.0 Å². The first kappa shape index (κ1) is 18.8. The van der Waals surface area contributed by atoms with Crippen molar-refractivity contribution in [1.29, 1.82) is 0 Å². The van der Waals surface area contributed by atoms with E-state index in [1.54, 1.807) is 0 Å². The second-order valence-electron chi connectivity index (χ2n) is 6.47. The maximum absolute atomic E-state index is 12.6. The Morgan fingerprint density at radius 3 is 2.35 bits per heavy atom. The van der Waals surface area contributed by atoms with Gasteiger partial charge in [0.1, 0.15) is 0 Å². The molecule has 0 spiro atoms. The van der Waals surface area contributed by atoms with Crippen LogP contribution in [0.5, 0.6) is 0 Å². The molecule has 26 heavy (non-hydrogen) atoms. The van der Waals surface area contributed by atoms with Crippen molar-refractivity contribution in [1.82, 2.24) is 9.21 Å². The van der Waals surface area contributed by atoms with E-state index in [2.05, 4.69) is 0 Å². The summed E-state index contributed by atoms with van der Waals surface area (Å²) in [6.45, 7) is 2.06. The van der Waals surface area contributed by atoms with Crippen molar-refractivity contribution in [2.75, 3.05) is 39.4 Å². The number of aliphatic carboxylic acids is 1. The highest BCUT2D eigenvalue weighted by molar-refractivity contribution is 7.89. The fourth-order valence-corrected chi connectivity index (χ4v) is 4.66. The molecule has 1 unspecified atom stereocenters. The van der Waals surface area contributed by atoms with E-state index in [9.17, 15) is 18.0 Å². The van der Waals surface area contributed by atoms with Gasteiger partial charge in [-0.2, -0.15) is 4.31 Å². The van der Waals surface area contributed by atoms with E-state index in [0.717, 1.165) is 0 Å². The molecule has 0 radical (unpaired) electrons. The highest BCUT2D eigenvalue weighted by Crippen LogP contribution is 2.21. The van der Waals surface area contributed by atoms with E-state index in [-0.39, 0.29) is 17.3 Å². The number of sulfonamides is 1. The molecule has 2 heterocycles. The molecule has 0 bridgehead atoms. The maximum Gasteiger partial charge on any atom is 0.308 e. The molecule has 2 saturated heterocycles. The van der Waals surface area contributed by atoms with Crippen molar-refractivity contribution in [3.8, 4) is 0 Å². The first-order valence-corrected chi connectivity index (χ1v) is 10.0. The van der Waals surface area contributed by atoms with Gasteiger partial charge in [-0.05, 0) is 37.1 Å². The zero-order valence-corrected chi connectivity index (χ0v) is 15.2. The minimum absolute atomic E-state index is 0.137. The second-order valence-corrected chi connectivity index (χ2v) is 8.41. The smallest absolute Gasteiger partial charge is 0.308 e. The Kier molecular flexibility index (Phi) is 5.59. The number of benzene rings is 1. The fourth-order valence-electron chi connectivity index (χ4n) is 3.25. The van der Waals surface area contributed by atoms with Crippen LogP contribution in [0, 0.1) is 5.92 Å². The molecule has 0 aromatic heterocycles. The van der Waals surface area contributed by atoms with Gasteiger partial charge < -0.3 is 14.7 Å². The third kappa shape index (κ3) is 3.89. The van der Waals surface area contributed by atoms with Crippen molar-refractivity contribution < 1.29 is 27.9 Å². The number of nitrogens with zero attached hydrogens (tertiary/aromatic N) is 2. The number of likely N-dealkylation sites (tertiary alicyclic amines) is 1. The number of amides is 1. The Bertz CT molecular complexity index is 771. The Morgan fingerprint density at radius 1 is 1.08 bits per heavy atom. The van der Waals surface area contributed by atoms with Gasteiger partial charge >= 0.3 is 5.97 Å². The first-order valence-electron chi connectivity index (χ1n) is 8.59. The highest BCUT2D eigenvalue weighted by atomic mass is 32.2. The monoisotopic (exact) mass is 382 g/mol. The first-order chi connectivity index (χ1) is 12.4. The van der Waals surface area contributed by atoms with Gasteiger partial charge in [-0.1, -0.05) is 0 Å². The lowest BCUT2D eigenvalue weighted by atomic mass is 9.97. The molecule has 1 N–H and O–H groups in total. The summed E-state index contributed by atoms with van der Waals surface area (Å²) in [7, 11) is -3.60. The van der Waals surface area contributed by atoms with Gasteiger partial charge in [0.2, 0.25) is 10.0 Å². The Labute approximate surface area is 152 Å². The van der Waals surface area contributed by atoms with Crippen LogP contribution in [0.15, 0.2) is 29.2 Å². The van der Waals surface area contributed by atoms with Crippen LogP contribution in [-0.2, 0) is 19.6 Å². The zero-order valence-electron chi connectivity index (χ0n) is 14.3. The van der Waals surface area contributed by atoms with E-state index in [4.69, 9.17) is 9.84 Å². The summed E-state index contributed by atoms with van der Waals surface area (Å²) in [6.07, 6.45) is 1.21. The third-order valence-corrected chi connectivity index (χ3v) is 6.68. The zero-order chi connectivity index (χ0) is 18.7. The van der Waals surface area contributed by atoms with E-state index >= 15 is 0 Å². The van der Waals surface area contributed by atoms with Gasteiger partial charge in [-0.25, -0.2) is 8.42 Å². The molecule has 3 rings (SSSR count). The summed E-state index contributed by atoms with van der Waals surface area (Å²) in [4.78, 5) is 25.4. The number of hydrogen-bond acceptors (Lipinski definition) is 5. The molecular formula is C17H22N2O6S. The van der Waals surface area contributed by atoms with Gasteiger partial charge in [0, 0.05) is 31.7 Å². The summed E-state index contributed by atoms with van der Waals surface area (Å²) >= 11 is 0. The molecule has 2 aliphatic rings. The van der Waals surface area contributed by atoms with Gasteiger partial charge in [0.15, 0.2) is 0 Å². The molecule has 2 fully saturated rings. The number of morpholine rings is 1. The number of ether oxygens (including phenoxy) is 1. The molecule has 2 aliphatic heterocycles. The summed E-state index contributed by atoms with van der Waals surface area (Å²) in [5, 5.41) is 9.14. The lowest BCUT2D eigenvalue weighted by Gasteiger charge is -2.30. The van der Waals surface area contributed by atoms with Crippen LogP contribution in [0.25, 0.3) is 0 Å². The molecule has 1 amide bonds. The number of hydrogen-bond donors (Lipinski definition) is 1. The fraction of sp³-hybridized carbons (Fsp3) is 0.529. The quantitative estimate of drug-likeness (QED) is 0.820. The highest BCUT2D eigenvalue weighted by Gasteiger charge is 2.30. The normalized spacial score (nSPS) is 22.2. The van der Waals surface area contributed by atoms with Crippen molar-refractivity contribution >= 4 is 21.9 Å². The molecule has 0 aliphatic carbocycles. The van der Waals surface area contributed by atoms with Crippen molar-refractivity contribution in [3.05, 3.63) is 29.8 Å². The van der Waals surface area contributed by atoms with Crippen LogP contribution in [0.2, 0.25) is 0 Å². The lowest BCUT2D eigenvalue weighted by Crippen LogP contribution is -2.42. The molecule has 9 heteroatoms. The predicted molar refractivity (Wildman–Crippen MR) is 92.3 cm³/mol. The molecular weight excluding hydrogens is 360 g/mol. The predicted octanol–water partition coefficient (Wildman–Crippen LogP) is 0.644. The van der Waals surface area contributed by atoms with Crippen LogP contribution >= 0.6 is 0 Å². The minimum Gasteiger partial charge on any atom is -0.481 e. The van der Waals surface area contributed by atoms with Crippen LogP contribution in [0.4, 0.5) is 0 Å². The minimum atomic E-state index is -3.60. The summed E-state index contributed by atoms with van der Waals surface area (Å²) in [5.41, 5.74) is 0.358. The van der Waals surface area contributed by atoms with E-state index in [1.165, 1.54) is 33.5 Å². The standard InChI is InChI=1S/C17H22N2O6S/c20-16(18-7-1-2-14(12-18)17(21)22)13-3-5-15(6-4-13)26(23,24)19-8-10-25-11-9-19/h3-6,14H,1-2,7-12H2,(H,21,22). The van der Waals surface area contributed by atoms with E-state index in [1.807, 2.05) is 0 Å². The molecule has 0 saturated carbocycles. The third-order valence-electron chi connectivity index (χ3n) is 4.77. The molecule has 1 aromatic rings. The average molecular weight is 382 g/mol. The van der Waals surface area contributed by atoms with Crippen LogP contribution in [0.3, 0.4) is 0 Å². The van der Waals surface area contributed by atoms with E-state index < -0.39 is 21.9 Å². The van der Waals surface area contributed by atoms with Crippen LogP contribution in [0.1, 0.15) is 23.2 Å². The maximum atomic E-state index is 12.6. The lowest BCUT2D eigenvalue weighted by molar-refractivity contribution is -0.143. The SMILES string of the molecule is O=C(O)C1CCCN(C(=O)c2ccc(S(=O)(=O)N3CCOCC3)cc2)C1. The second kappa shape index (κ2) is 7.73. The number of carboxylic acids is 1. The van der Waals surface area contributed by atoms with Gasteiger partial charge in [0.25, 0.3) is 5.91 Å². The van der Waals surface area contributed by atoms with Crippen LogP contribution < -0.4 is 0 Å². The number of piperidine rings is 1. The van der Waals surface area contributed by atoms with Crippen molar-refractivity contribution in [3.63, 3.8) is 0 Å². The Balaban J connectivity index is 1.72. The Hall–Kier alpha value is -1.97. The van der Waals surface area contributed by atoms with Crippen molar-refractivity contribution in [2.24, 2.45) is 5.92 Å². The molecule has 8 nitrogen and oxygen atoms in total. The van der Waals surface area contributed by atoms with E-state index in [0.29, 0.717) is 51.3 Å². The summed E-state index contributed by atoms with van der Waals surface area (Å²) in [5.74, 6) is -1.71. The molecule has 1 atom stereocenters. The Morgan fingerprint density at radius 2 is 1.73 bits per heavy atom. The van der Waals surface area contributed by atoms with Gasteiger partial charge in [0.05, 0.1) is 24.0 Å².